The predicted molar refractivity (Wildman–Crippen MR) is 102 cm³/mol. The van der Waals surface area contributed by atoms with Crippen molar-refractivity contribution in [1.82, 2.24) is 19.5 Å². The van der Waals surface area contributed by atoms with E-state index in [1.54, 1.807) is 16.3 Å². The normalized spacial score (nSPS) is 25.3. The molecule has 0 aliphatic carbocycles. The Morgan fingerprint density at radius 1 is 1.15 bits per heavy atom. The lowest BCUT2D eigenvalue weighted by Gasteiger charge is -2.16. The van der Waals surface area contributed by atoms with Crippen LogP contribution in [0.4, 0.5) is 5.82 Å². The molecule has 8 nitrogen and oxygen atoms in total. The Labute approximate surface area is 160 Å². The van der Waals surface area contributed by atoms with Crippen LogP contribution in [0.5, 0.6) is 0 Å². The number of thioether (sulfide) groups is 1. The van der Waals surface area contributed by atoms with Crippen LogP contribution in [0.15, 0.2) is 35.7 Å². The Balaban J connectivity index is 1.52. The summed E-state index contributed by atoms with van der Waals surface area (Å²) in [5.41, 5.74) is 9.16. The first kappa shape index (κ1) is 18.2. The molecule has 1 aliphatic rings. The van der Waals surface area contributed by atoms with Gasteiger partial charge in [0.05, 0.1) is 12.4 Å². The number of rotatable bonds is 4. The third kappa shape index (κ3) is 3.27. The van der Waals surface area contributed by atoms with Gasteiger partial charge in [0, 0.05) is 10.6 Å². The number of hydrogen-bond donors (Lipinski definition) is 3. The summed E-state index contributed by atoms with van der Waals surface area (Å²) in [7, 11) is 0. The Hall–Kier alpha value is -2.20. The number of fused-ring (bicyclic) bond motifs is 1. The molecular formula is C18H21N5O3S. The van der Waals surface area contributed by atoms with Crippen molar-refractivity contribution in [3.05, 3.63) is 42.0 Å². The van der Waals surface area contributed by atoms with Crippen LogP contribution in [0.25, 0.3) is 11.2 Å². The number of imidazole rings is 1. The monoisotopic (exact) mass is 387 g/mol. The SMILES string of the molecule is Cc1ccc(SC[C@H]2O[C@@H](n3cnc4c(N)ncnc43)[C@H](O)[C@@H]2O)cc1C. The Kier molecular flexibility index (Phi) is 4.77. The highest BCUT2D eigenvalue weighted by Gasteiger charge is 2.44. The molecule has 0 bridgehead atoms. The second-order valence-corrected chi connectivity index (χ2v) is 7.78. The molecule has 0 radical (unpaired) electrons. The van der Waals surface area contributed by atoms with E-state index in [1.165, 1.54) is 23.8 Å². The summed E-state index contributed by atoms with van der Waals surface area (Å²) < 4.78 is 7.54. The number of nitrogens with zero attached hydrogens (tertiary/aromatic N) is 4. The summed E-state index contributed by atoms with van der Waals surface area (Å²) in [6.45, 7) is 4.14. The molecule has 4 N–H and O–H groups in total. The molecule has 1 aliphatic heterocycles. The lowest BCUT2D eigenvalue weighted by atomic mass is 10.1. The minimum Gasteiger partial charge on any atom is -0.387 e. The number of anilines is 1. The molecule has 142 valence electrons. The number of nitrogens with two attached hydrogens (primary N) is 1. The van der Waals surface area contributed by atoms with Gasteiger partial charge in [0.25, 0.3) is 0 Å². The number of aromatic nitrogens is 4. The molecule has 9 heteroatoms. The lowest BCUT2D eigenvalue weighted by molar-refractivity contribution is -0.0289. The number of aryl methyl sites for hydroxylation is 2. The fourth-order valence-electron chi connectivity index (χ4n) is 3.13. The molecule has 0 amide bonds. The summed E-state index contributed by atoms with van der Waals surface area (Å²) in [5.74, 6) is 0.773. The third-order valence-corrected chi connectivity index (χ3v) is 5.97. The van der Waals surface area contributed by atoms with E-state index < -0.39 is 24.5 Å². The summed E-state index contributed by atoms with van der Waals surface area (Å²) >= 11 is 1.59. The molecule has 1 saturated heterocycles. The van der Waals surface area contributed by atoms with Crippen molar-refractivity contribution in [2.45, 2.75) is 43.3 Å². The highest BCUT2D eigenvalue weighted by atomic mass is 32.2. The smallest absolute Gasteiger partial charge is 0.167 e. The molecule has 0 spiro atoms. The van der Waals surface area contributed by atoms with E-state index in [9.17, 15) is 10.2 Å². The minimum absolute atomic E-state index is 0.258. The standard InChI is InChI=1S/C18H21N5O3S/c1-9-3-4-11(5-10(9)2)27-6-12-14(24)15(25)18(26-12)23-8-22-13-16(19)20-7-21-17(13)23/h3-5,7-8,12,14-15,18,24-25H,6H2,1-2H3,(H2,19,20,21)/t12-,14-,15-,18-/m1/s1. The van der Waals surface area contributed by atoms with Crippen molar-refractivity contribution in [2.24, 2.45) is 0 Å². The molecule has 0 saturated carbocycles. The highest BCUT2D eigenvalue weighted by molar-refractivity contribution is 7.99. The van der Waals surface area contributed by atoms with Gasteiger partial charge in [0.2, 0.25) is 0 Å². The largest absolute Gasteiger partial charge is 0.387 e. The molecular weight excluding hydrogens is 366 g/mol. The quantitative estimate of drug-likeness (QED) is 0.575. The molecule has 2 aromatic heterocycles. The van der Waals surface area contributed by atoms with Crippen LogP contribution < -0.4 is 5.73 Å². The average molecular weight is 387 g/mol. The topological polar surface area (TPSA) is 119 Å². The number of nitrogen functional groups attached to an aromatic ring is 1. The Bertz CT molecular complexity index is 979. The summed E-state index contributed by atoms with van der Waals surface area (Å²) in [6.07, 6.45) is -0.581. The van der Waals surface area contributed by atoms with Gasteiger partial charge in [0.1, 0.15) is 24.1 Å². The fourth-order valence-corrected chi connectivity index (χ4v) is 4.19. The highest BCUT2D eigenvalue weighted by Crippen LogP contribution is 2.34. The van der Waals surface area contributed by atoms with Crippen molar-refractivity contribution in [2.75, 3.05) is 11.5 Å². The van der Waals surface area contributed by atoms with Gasteiger partial charge >= 0.3 is 0 Å². The van der Waals surface area contributed by atoms with E-state index >= 15 is 0 Å². The van der Waals surface area contributed by atoms with Crippen molar-refractivity contribution < 1.29 is 14.9 Å². The zero-order valence-electron chi connectivity index (χ0n) is 15.0. The number of benzene rings is 1. The second kappa shape index (κ2) is 7.08. The van der Waals surface area contributed by atoms with Crippen molar-refractivity contribution in [1.29, 1.82) is 0 Å². The summed E-state index contributed by atoms with van der Waals surface area (Å²) in [5, 5.41) is 20.9. The number of hydrogen-bond acceptors (Lipinski definition) is 8. The van der Waals surface area contributed by atoms with Crippen LogP contribution in [0, 0.1) is 13.8 Å². The maximum absolute atomic E-state index is 10.5. The Morgan fingerprint density at radius 2 is 1.96 bits per heavy atom. The first-order valence-electron chi connectivity index (χ1n) is 8.60. The van der Waals surface area contributed by atoms with Crippen LogP contribution in [0.1, 0.15) is 17.4 Å². The van der Waals surface area contributed by atoms with Gasteiger partial charge in [-0.25, -0.2) is 15.0 Å². The molecule has 4 atom stereocenters. The van der Waals surface area contributed by atoms with Crippen LogP contribution in [-0.2, 0) is 4.74 Å². The zero-order chi connectivity index (χ0) is 19.1. The minimum atomic E-state index is -1.09. The summed E-state index contributed by atoms with van der Waals surface area (Å²) in [4.78, 5) is 13.4. The molecule has 1 fully saturated rings. The maximum Gasteiger partial charge on any atom is 0.167 e. The van der Waals surface area contributed by atoms with Crippen molar-refractivity contribution >= 4 is 28.7 Å². The second-order valence-electron chi connectivity index (χ2n) is 6.69. The van der Waals surface area contributed by atoms with Gasteiger partial charge in [-0.05, 0) is 37.1 Å². The first-order valence-corrected chi connectivity index (χ1v) is 9.59. The molecule has 27 heavy (non-hydrogen) atoms. The number of aliphatic hydroxyl groups excluding tert-OH is 2. The van der Waals surface area contributed by atoms with Crippen LogP contribution in [-0.4, -0.2) is 53.8 Å². The number of aliphatic hydroxyl groups is 2. The zero-order valence-corrected chi connectivity index (χ0v) is 15.8. The van der Waals surface area contributed by atoms with Gasteiger partial charge in [-0.15, -0.1) is 11.8 Å². The van der Waals surface area contributed by atoms with E-state index in [1.807, 2.05) is 6.07 Å². The van der Waals surface area contributed by atoms with Gasteiger partial charge in [-0.3, -0.25) is 4.57 Å². The van der Waals surface area contributed by atoms with Gasteiger partial charge in [-0.2, -0.15) is 0 Å². The molecule has 4 rings (SSSR count). The van der Waals surface area contributed by atoms with Crippen molar-refractivity contribution in [3.8, 4) is 0 Å². The Morgan fingerprint density at radius 3 is 2.74 bits per heavy atom. The third-order valence-electron chi connectivity index (χ3n) is 4.89. The van der Waals surface area contributed by atoms with Gasteiger partial charge in [0.15, 0.2) is 17.7 Å². The number of ether oxygens (including phenoxy) is 1. The first-order chi connectivity index (χ1) is 13.0. The molecule has 3 heterocycles. The summed E-state index contributed by atoms with van der Waals surface area (Å²) in [6, 6.07) is 6.23. The van der Waals surface area contributed by atoms with E-state index in [0.29, 0.717) is 16.9 Å². The van der Waals surface area contributed by atoms with Crippen LogP contribution in [0.3, 0.4) is 0 Å². The predicted octanol–water partition coefficient (Wildman–Crippen LogP) is 1.44. The molecule has 1 aromatic carbocycles. The lowest BCUT2D eigenvalue weighted by Crippen LogP contribution is -2.32. The van der Waals surface area contributed by atoms with E-state index in [2.05, 4.69) is 40.9 Å². The fraction of sp³-hybridized carbons (Fsp3) is 0.389. The van der Waals surface area contributed by atoms with Crippen LogP contribution in [0.2, 0.25) is 0 Å². The maximum atomic E-state index is 10.5. The van der Waals surface area contributed by atoms with Gasteiger partial charge in [-0.1, -0.05) is 6.07 Å². The van der Waals surface area contributed by atoms with Crippen molar-refractivity contribution in [3.63, 3.8) is 0 Å². The van der Waals surface area contributed by atoms with E-state index in [4.69, 9.17) is 10.5 Å². The van der Waals surface area contributed by atoms with Crippen LogP contribution >= 0.6 is 11.8 Å². The van der Waals surface area contributed by atoms with E-state index in [0.717, 1.165) is 4.90 Å². The average Bonchev–Trinajstić information content (AvgIpc) is 3.19. The molecule has 3 aromatic rings. The molecule has 0 unspecified atom stereocenters. The van der Waals surface area contributed by atoms with E-state index in [-0.39, 0.29) is 5.82 Å². The van der Waals surface area contributed by atoms with Gasteiger partial charge < -0.3 is 20.7 Å².